The van der Waals surface area contributed by atoms with Gasteiger partial charge in [0.15, 0.2) is 11.5 Å². The third-order valence-electron chi connectivity index (χ3n) is 5.89. The third-order valence-corrected chi connectivity index (χ3v) is 5.89. The Morgan fingerprint density at radius 3 is 2.32 bits per heavy atom. The Kier molecular flexibility index (Phi) is 9.59. The lowest BCUT2D eigenvalue weighted by Gasteiger charge is -2.23. The van der Waals surface area contributed by atoms with E-state index in [1.165, 1.54) is 9.70 Å². The van der Waals surface area contributed by atoms with Gasteiger partial charge >= 0.3 is 0 Å². The molecule has 0 atom stereocenters. The Hall–Kier alpha value is -3.95. The number of hydrogen-bond acceptors (Lipinski definition) is 7. The summed E-state index contributed by atoms with van der Waals surface area (Å²) in [6, 6.07) is 12.9. The highest BCUT2D eigenvalue weighted by Crippen LogP contribution is 2.30. The van der Waals surface area contributed by atoms with E-state index in [4.69, 9.17) is 9.47 Å². The molecule has 198 valence electrons. The molecule has 3 rings (SSSR count). The average molecular weight is 509 g/mol. The number of hydrogen-bond donors (Lipinski definition) is 1. The molecule has 0 spiro atoms. The Morgan fingerprint density at radius 1 is 1.00 bits per heavy atom. The van der Waals surface area contributed by atoms with Gasteiger partial charge in [-0.15, -0.1) is 10.2 Å². The first-order valence-electron chi connectivity index (χ1n) is 12.4. The number of carbonyl (C=O) groups excluding carboxylic acids is 2. The van der Waals surface area contributed by atoms with Crippen LogP contribution in [0.3, 0.4) is 0 Å². The molecule has 1 N–H and O–H groups in total. The van der Waals surface area contributed by atoms with Crippen molar-refractivity contribution in [1.82, 2.24) is 25.5 Å². The molecule has 0 saturated carbocycles. The number of methoxy groups -OCH3 is 2. The minimum atomic E-state index is -0.326. The van der Waals surface area contributed by atoms with E-state index in [9.17, 15) is 9.59 Å². The zero-order valence-corrected chi connectivity index (χ0v) is 22.4. The van der Waals surface area contributed by atoms with Crippen LogP contribution < -0.4 is 19.7 Å². The second-order valence-electron chi connectivity index (χ2n) is 9.47. The molecule has 0 fully saturated rings. The van der Waals surface area contributed by atoms with Gasteiger partial charge in [-0.3, -0.25) is 9.59 Å². The first-order chi connectivity index (χ1) is 17.7. The summed E-state index contributed by atoms with van der Waals surface area (Å²) >= 11 is 0. The van der Waals surface area contributed by atoms with Gasteiger partial charge in [-0.25, -0.2) is 0 Å². The molecular formula is C27H36N6O4. The minimum Gasteiger partial charge on any atom is -0.493 e. The zero-order chi connectivity index (χ0) is 26.9. The first kappa shape index (κ1) is 27.6. The van der Waals surface area contributed by atoms with Crippen LogP contribution in [-0.2, 0) is 16.1 Å². The van der Waals surface area contributed by atoms with Crippen molar-refractivity contribution >= 4 is 17.5 Å². The van der Waals surface area contributed by atoms with Crippen LogP contribution in [0.25, 0.3) is 11.4 Å². The van der Waals surface area contributed by atoms with Gasteiger partial charge in [0.2, 0.25) is 11.7 Å². The molecule has 0 bridgehead atoms. The van der Waals surface area contributed by atoms with Gasteiger partial charge in [0.25, 0.3) is 5.91 Å². The third kappa shape index (κ3) is 7.52. The highest BCUT2D eigenvalue weighted by molar-refractivity contribution is 5.98. The molecular weight excluding hydrogens is 472 g/mol. The Morgan fingerprint density at radius 2 is 1.70 bits per heavy atom. The van der Waals surface area contributed by atoms with Crippen LogP contribution in [-0.4, -0.2) is 59.3 Å². The maximum atomic E-state index is 13.4. The number of nitrogens with one attached hydrogen (secondary N) is 1. The van der Waals surface area contributed by atoms with Gasteiger partial charge in [0.1, 0.15) is 13.1 Å². The van der Waals surface area contributed by atoms with E-state index in [1.807, 2.05) is 24.3 Å². The maximum absolute atomic E-state index is 13.4. The van der Waals surface area contributed by atoms with Crippen molar-refractivity contribution in [2.45, 2.75) is 46.6 Å². The van der Waals surface area contributed by atoms with Crippen LogP contribution >= 0.6 is 0 Å². The molecule has 0 unspecified atom stereocenters. The lowest BCUT2D eigenvalue weighted by molar-refractivity contribution is -0.124. The van der Waals surface area contributed by atoms with Gasteiger partial charge < -0.3 is 19.7 Å². The summed E-state index contributed by atoms with van der Waals surface area (Å²) in [7, 11) is 3.11. The van der Waals surface area contributed by atoms with E-state index in [0.717, 1.165) is 12.0 Å². The Labute approximate surface area is 217 Å². The highest BCUT2D eigenvalue weighted by atomic mass is 16.5. The van der Waals surface area contributed by atoms with Gasteiger partial charge in [-0.1, -0.05) is 39.8 Å². The molecule has 10 heteroatoms. The second kappa shape index (κ2) is 12.8. The normalized spacial score (nSPS) is 11.0. The van der Waals surface area contributed by atoms with E-state index in [1.54, 1.807) is 32.4 Å². The number of ether oxygens (including phenoxy) is 2. The molecule has 0 aliphatic heterocycles. The Bertz CT molecular complexity index is 1190. The van der Waals surface area contributed by atoms with E-state index in [0.29, 0.717) is 47.0 Å². The van der Waals surface area contributed by atoms with Crippen molar-refractivity contribution in [2.75, 3.05) is 32.2 Å². The number of anilines is 1. The number of nitrogens with zero attached hydrogens (tertiary/aromatic N) is 5. The van der Waals surface area contributed by atoms with Gasteiger partial charge in [-0.05, 0) is 59.4 Å². The molecule has 0 aliphatic rings. The van der Waals surface area contributed by atoms with Gasteiger partial charge in [0.05, 0.1) is 14.2 Å². The minimum absolute atomic E-state index is 0.102. The van der Waals surface area contributed by atoms with Crippen LogP contribution in [0.1, 0.15) is 45.6 Å². The lowest BCUT2D eigenvalue weighted by Crippen LogP contribution is -2.43. The molecule has 1 heterocycles. The number of carbonyl (C=O) groups is 2. The second-order valence-corrected chi connectivity index (χ2v) is 9.47. The van der Waals surface area contributed by atoms with E-state index in [2.05, 4.69) is 48.4 Å². The average Bonchev–Trinajstić information content (AvgIpc) is 3.35. The molecule has 3 aromatic rings. The maximum Gasteiger partial charge on any atom is 0.251 e. The molecule has 0 saturated heterocycles. The summed E-state index contributed by atoms with van der Waals surface area (Å²) in [5, 5.41) is 15.4. The van der Waals surface area contributed by atoms with E-state index >= 15 is 0 Å². The molecule has 1 aromatic heterocycles. The summed E-state index contributed by atoms with van der Waals surface area (Å²) in [5.41, 5.74) is 2.45. The van der Waals surface area contributed by atoms with Crippen molar-refractivity contribution in [3.8, 4) is 22.9 Å². The largest absolute Gasteiger partial charge is 0.493 e. The summed E-state index contributed by atoms with van der Waals surface area (Å²) in [4.78, 5) is 28.7. The summed E-state index contributed by atoms with van der Waals surface area (Å²) in [5.74, 6) is 1.73. The molecule has 10 nitrogen and oxygen atoms in total. The van der Waals surface area contributed by atoms with Crippen LogP contribution in [0.5, 0.6) is 11.5 Å². The molecule has 2 aromatic carbocycles. The van der Waals surface area contributed by atoms with Gasteiger partial charge in [-0.2, -0.15) is 4.80 Å². The first-order valence-corrected chi connectivity index (χ1v) is 12.4. The molecule has 37 heavy (non-hydrogen) atoms. The van der Waals surface area contributed by atoms with E-state index in [-0.39, 0.29) is 24.9 Å². The van der Waals surface area contributed by atoms with Crippen LogP contribution in [0.2, 0.25) is 0 Å². The number of amides is 2. The van der Waals surface area contributed by atoms with Crippen molar-refractivity contribution in [3.63, 3.8) is 0 Å². The number of aromatic nitrogens is 4. The fraction of sp³-hybridized carbons (Fsp3) is 0.444. The van der Waals surface area contributed by atoms with Crippen molar-refractivity contribution in [1.29, 1.82) is 0 Å². The number of tetrazole rings is 1. The monoisotopic (exact) mass is 508 g/mol. The van der Waals surface area contributed by atoms with Crippen LogP contribution in [0, 0.1) is 5.92 Å². The predicted molar refractivity (Wildman–Crippen MR) is 142 cm³/mol. The van der Waals surface area contributed by atoms with Crippen LogP contribution in [0.15, 0.2) is 42.5 Å². The van der Waals surface area contributed by atoms with Crippen molar-refractivity contribution < 1.29 is 19.1 Å². The summed E-state index contributed by atoms with van der Waals surface area (Å²) < 4.78 is 10.6. The standard InChI is InChI=1S/C27H36N6O4/c1-18(2)13-14-28-25(34)16-32(22-10-7-20(8-11-22)19(3)4)26(35)17-33-30-27(29-31-33)21-9-12-23(36-5)24(15-21)37-6/h7-12,15,18-19H,13-14,16-17H2,1-6H3,(H,28,34). The SMILES string of the molecule is COc1ccc(-c2nnn(CC(=O)N(CC(=O)NCCC(C)C)c3ccc(C(C)C)cc3)n2)cc1OC. The highest BCUT2D eigenvalue weighted by Gasteiger charge is 2.21. The number of benzene rings is 2. The van der Waals surface area contributed by atoms with Crippen molar-refractivity contribution in [3.05, 3.63) is 48.0 Å². The molecule has 2 amide bonds. The molecule has 0 aliphatic carbocycles. The van der Waals surface area contributed by atoms with Gasteiger partial charge in [0, 0.05) is 17.8 Å². The summed E-state index contributed by atoms with van der Waals surface area (Å²) in [6.45, 7) is 8.68. The molecule has 0 radical (unpaired) electrons. The summed E-state index contributed by atoms with van der Waals surface area (Å²) in [6.07, 6.45) is 0.866. The van der Waals surface area contributed by atoms with E-state index < -0.39 is 0 Å². The van der Waals surface area contributed by atoms with Crippen molar-refractivity contribution in [2.24, 2.45) is 5.92 Å². The fourth-order valence-corrected chi connectivity index (χ4v) is 3.67. The topological polar surface area (TPSA) is 111 Å². The number of rotatable bonds is 12. The lowest BCUT2D eigenvalue weighted by atomic mass is 10.0. The predicted octanol–water partition coefficient (Wildman–Crippen LogP) is 3.68. The fourth-order valence-electron chi connectivity index (χ4n) is 3.67. The Balaban J connectivity index is 1.78. The smallest absolute Gasteiger partial charge is 0.251 e. The quantitative estimate of drug-likeness (QED) is 0.397. The zero-order valence-electron chi connectivity index (χ0n) is 22.4. The van der Waals surface area contributed by atoms with Crippen LogP contribution in [0.4, 0.5) is 5.69 Å².